The van der Waals surface area contributed by atoms with Gasteiger partial charge < -0.3 is 15.4 Å². The summed E-state index contributed by atoms with van der Waals surface area (Å²) < 4.78 is 5.90. The minimum Gasteiger partial charge on any atom is -0.495 e. The smallest absolute Gasteiger partial charge is 0.321 e. The average molecular weight is 396 g/mol. The van der Waals surface area contributed by atoms with E-state index in [9.17, 15) is 9.59 Å². The SMILES string of the molecule is COc1ccccc1Nc1nnc(SCC(=O)NC(=O)NCC(C)C)s1. The van der Waals surface area contributed by atoms with Crippen LogP contribution in [0.4, 0.5) is 15.6 Å². The van der Waals surface area contributed by atoms with Gasteiger partial charge in [-0.25, -0.2) is 4.79 Å². The number of nitrogens with one attached hydrogen (secondary N) is 3. The van der Waals surface area contributed by atoms with Crippen molar-refractivity contribution in [3.05, 3.63) is 24.3 Å². The number of benzene rings is 1. The highest BCUT2D eigenvalue weighted by atomic mass is 32.2. The van der Waals surface area contributed by atoms with Crippen molar-refractivity contribution >= 4 is 45.9 Å². The first kappa shape index (κ1) is 20.0. The van der Waals surface area contributed by atoms with Crippen molar-refractivity contribution in [2.75, 3.05) is 24.7 Å². The second-order valence-electron chi connectivity index (χ2n) is 5.64. The fraction of sp³-hybridized carbons (Fsp3) is 0.375. The third-order valence-electron chi connectivity index (χ3n) is 3.01. The maximum atomic E-state index is 11.8. The second kappa shape index (κ2) is 9.97. The lowest BCUT2D eigenvalue weighted by molar-refractivity contribution is -0.117. The van der Waals surface area contributed by atoms with E-state index in [-0.39, 0.29) is 11.7 Å². The summed E-state index contributed by atoms with van der Waals surface area (Å²) in [4.78, 5) is 23.3. The van der Waals surface area contributed by atoms with E-state index in [4.69, 9.17) is 4.74 Å². The Morgan fingerprint density at radius 3 is 2.77 bits per heavy atom. The van der Waals surface area contributed by atoms with Gasteiger partial charge in [-0.15, -0.1) is 10.2 Å². The van der Waals surface area contributed by atoms with Crippen LogP contribution in [-0.4, -0.2) is 41.5 Å². The molecule has 10 heteroatoms. The summed E-state index contributed by atoms with van der Waals surface area (Å²) in [6.07, 6.45) is 0. The molecule has 0 aliphatic carbocycles. The van der Waals surface area contributed by atoms with Gasteiger partial charge in [0.2, 0.25) is 11.0 Å². The molecular weight excluding hydrogens is 374 g/mol. The predicted molar refractivity (Wildman–Crippen MR) is 103 cm³/mol. The number of nitrogens with zero attached hydrogens (tertiary/aromatic N) is 2. The molecular formula is C16H21N5O3S2. The summed E-state index contributed by atoms with van der Waals surface area (Å²) in [7, 11) is 1.60. The van der Waals surface area contributed by atoms with Crippen LogP contribution in [0.5, 0.6) is 5.75 Å². The molecule has 26 heavy (non-hydrogen) atoms. The number of methoxy groups -OCH3 is 1. The number of carbonyl (C=O) groups excluding carboxylic acids is 2. The lowest BCUT2D eigenvalue weighted by atomic mass is 10.2. The van der Waals surface area contributed by atoms with Crippen molar-refractivity contribution in [2.24, 2.45) is 5.92 Å². The lowest BCUT2D eigenvalue weighted by Crippen LogP contribution is -2.41. The number of ether oxygens (including phenoxy) is 1. The van der Waals surface area contributed by atoms with Crippen LogP contribution in [-0.2, 0) is 4.79 Å². The quantitative estimate of drug-likeness (QED) is 0.590. The lowest BCUT2D eigenvalue weighted by Gasteiger charge is -2.08. The number of carbonyl (C=O) groups is 2. The van der Waals surface area contributed by atoms with Gasteiger partial charge in [-0.3, -0.25) is 10.1 Å². The molecule has 3 amide bonds. The van der Waals surface area contributed by atoms with Crippen molar-refractivity contribution in [3.8, 4) is 5.75 Å². The number of amides is 3. The van der Waals surface area contributed by atoms with Crippen LogP contribution >= 0.6 is 23.1 Å². The largest absolute Gasteiger partial charge is 0.495 e. The van der Waals surface area contributed by atoms with Crippen LogP contribution in [0.25, 0.3) is 0 Å². The summed E-state index contributed by atoms with van der Waals surface area (Å²) in [5.74, 6) is 0.716. The molecule has 0 atom stereocenters. The van der Waals surface area contributed by atoms with Crippen LogP contribution < -0.4 is 20.7 Å². The van der Waals surface area contributed by atoms with E-state index in [1.165, 1.54) is 23.1 Å². The first-order valence-corrected chi connectivity index (χ1v) is 9.72. The Morgan fingerprint density at radius 2 is 2.04 bits per heavy atom. The van der Waals surface area contributed by atoms with Gasteiger partial charge in [-0.2, -0.15) is 0 Å². The highest BCUT2D eigenvalue weighted by molar-refractivity contribution is 8.01. The highest BCUT2D eigenvalue weighted by Gasteiger charge is 2.12. The van der Waals surface area contributed by atoms with Gasteiger partial charge in [0.15, 0.2) is 4.34 Å². The van der Waals surface area contributed by atoms with E-state index < -0.39 is 6.03 Å². The molecule has 2 aromatic rings. The number of imide groups is 1. The number of aromatic nitrogens is 2. The zero-order valence-electron chi connectivity index (χ0n) is 14.7. The summed E-state index contributed by atoms with van der Waals surface area (Å²) in [5, 5.41) is 16.7. The number of anilines is 2. The van der Waals surface area contributed by atoms with Crippen molar-refractivity contribution in [1.82, 2.24) is 20.8 Å². The fourth-order valence-electron chi connectivity index (χ4n) is 1.81. The fourth-order valence-corrected chi connectivity index (χ4v) is 3.38. The van der Waals surface area contributed by atoms with Crippen molar-refractivity contribution in [1.29, 1.82) is 0 Å². The van der Waals surface area contributed by atoms with Gasteiger partial charge in [0.1, 0.15) is 5.75 Å². The summed E-state index contributed by atoms with van der Waals surface area (Å²) >= 11 is 2.53. The first-order chi connectivity index (χ1) is 12.5. The van der Waals surface area contributed by atoms with Crippen LogP contribution in [0.2, 0.25) is 0 Å². The van der Waals surface area contributed by atoms with Crippen LogP contribution in [0.15, 0.2) is 28.6 Å². The average Bonchev–Trinajstić information content (AvgIpc) is 3.06. The summed E-state index contributed by atoms with van der Waals surface area (Å²) in [5.41, 5.74) is 0.780. The topological polar surface area (TPSA) is 105 Å². The number of thioether (sulfide) groups is 1. The first-order valence-electron chi connectivity index (χ1n) is 7.92. The molecule has 0 bridgehead atoms. The van der Waals surface area contributed by atoms with Gasteiger partial charge in [-0.05, 0) is 18.1 Å². The predicted octanol–water partition coefficient (Wildman–Crippen LogP) is 2.86. The van der Waals surface area contributed by atoms with Gasteiger partial charge >= 0.3 is 6.03 Å². The van der Waals surface area contributed by atoms with E-state index in [2.05, 4.69) is 26.1 Å². The van der Waals surface area contributed by atoms with Crippen LogP contribution in [0.1, 0.15) is 13.8 Å². The molecule has 0 fully saturated rings. The van der Waals surface area contributed by atoms with E-state index in [1.54, 1.807) is 7.11 Å². The molecule has 0 saturated carbocycles. The maximum absolute atomic E-state index is 11.8. The standard InChI is InChI=1S/C16H21N5O3S2/c1-10(2)8-17-14(23)19-13(22)9-25-16-21-20-15(26-16)18-11-6-4-5-7-12(11)24-3/h4-7,10H,8-9H2,1-3H3,(H,18,20)(H2,17,19,22,23). The molecule has 1 heterocycles. The molecule has 8 nitrogen and oxygen atoms in total. The Balaban J connectivity index is 1.81. The molecule has 0 aliphatic heterocycles. The van der Waals surface area contributed by atoms with Crippen molar-refractivity contribution in [3.63, 3.8) is 0 Å². The number of urea groups is 1. The molecule has 0 unspecified atom stereocenters. The summed E-state index contributed by atoms with van der Waals surface area (Å²) in [6, 6.07) is 6.99. The molecule has 0 saturated heterocycles. The molecule has 0 radical (unpaired) electrons. The number of para-hydroxylation sites is 2. The molecule has 1 aromatic heterocycles. The highest BCUT2D eigenvalue weighted by Crippen LogP contribution is 2.31. The van der Waals surface area contributed by atoms with E-state index in [1.807, 2.05) is 38.1 Å². The molecule has 0 aliphatic rings. The monoisotopic (exact) mass is 395 g/mol. The molecule has 1 aromatic carbocycles. The number of rotatable bonds is 8. The molecule has 0 spiro atoms. The third kappa shape index (κ3) is 6.52. The van der Waals surface area contributed by atoms with Gasteiger partial charge in [0.05, 0.1) is 18.6 Å². The van der Waals surface area contributed by atoms with Crippen LogP contribution in [0.3, 0.4) is 0 Å². The number of hydrogen-bond acceptors (Lipinski definition) is 8. The summed E-state index contributed by atoms with van der Waals surface area (Å²) in [6.45, 7) is 4.47. The zero-order chi connectivity index (χ0) is 18.9. The Morgan fingerprint density at radius 1 is 1.27 bits per heavy atom. The molecule has 2 rings (SSSR count). The van der Waals surface area contributed by atoms with Crippen LogP contribution in [0, 0.1) is 5.92 Å². The van der Waals surface area contributed by atoms with Crippen molar-refractivity contribution in [2.45, 2.75) is 18.2 Å². The Labute approximate surface area is 160 Å². The Kier molecular flexibility index (Phi) is 7.67. The minimum atomic E-state index is -0.486. The Hall–Kier alpha value is -2.33. The van der Waals surface area contributed by atoms with E-state index in [0.717, 1.165) is 5.69 Å². The van der Waals surface area contributed by atoms with E-state index >= 15 is 0 Å². The number of hydrogen-bond donors (Lipinski definition) is 3. The zero-order valence-corrected chi connectivity index (χ0v) is 16.4. The van der Waals surface area contributed by atoms with Crippen molar-refractivity contribution < 1.29 is 14.3 Å². The minimum absolute atomic E-state index is 0.0817. The van der Waals surface area contributed by atoms with Gasteiger partial charge in [0.25, 0.3) is 0 Å². The van der Waals surface area contributed by atoms with Gasteiger partial charge in [0, 0.05) is 6.54 Å². The maximum Gasteiger partial charge on any atom is 0.321 e. The Bertz CT molecular complexity index is 751. The second-order valence-corrected chi connectivity index (χ2v) is 7.84. The molecule has 140 valence electrons. The third-order valence-corrected chi connectivity index (χ3v) is 4.98. The van der Waals surface area contributed by atoms with Gasteiger partial charge in [-0.1, -0.05) is 49.1 Å². The normalized spacial score (nSPS) is 10.5. The molecule has 3 N–H and O–H groups in total. The van der Waals surface area contributed by atoms with E-state index in [0.29, 0.717) is 27.7 Å².